The standard InChI is InChI=1S/C21H26N2O5Si/c1-25-14-27-18-8-7-16(13-22)12-17(18)21(24)20-19(6-5-9-23-20)28-15-26-10-11-29(2,3)4/h5-9,12H,10-11,14-15H2,1-4H3. The lowest BCUT2D eigenvalue weighted by molar-refractivity contribution is 0.0213. The number of nitriles is 1. The highest BCUT2D eigenvalue weighted by molar-refractivity contribution is 6.76. The van der Waals surface area contributed by atoms with E-state index in [0.29, 0.717) is 23.7 Å². The highest BCUT2D eigenvalue weighted by Gasteiger charge is 2.21. The number of rotatable bonds is 11. The largest absolute Gasteiger partial charge is 0.467 e. The Bertz CT molecular complexity index is 874. The van der Waals surface area contributed by atoms with Gasteiger partial charge in [0.05, 0.1) is 17.2 Å². The molecule has 0 atom stereocenters. The summed E-state index contributed by atoms with van der Waals surface area (Å²) in [6, 6.07) is 11.0. The third-order valence-electron chi connectivity index (χ3n) is 3.97. The Hall–Kier alpha value is -2.73. The molecule has 0 radical (unpaired) electrons. The van der Waals surface area contributed by atoms with Gasteiger partial charge in [-0.2, -0.15) is 5.26 Å². The minimum absolute atomic E-state index is 0.0251. The molecule has 154 valence electrons. The quantitative estimate of drug-likeness (QED) is 0.239. The zero-order valence-corrected chi connectivity index (χ0v) is 18.2. The van der Waals surface area contributed by atoms with Crippen LogP contribution < -0.4 is 9.47 Å². The number of hydrogen-bond acceptors (Lipinski definition) is 7. The van der Waals surface area contributed by atoms with Gasteiger partial charge in [0.2, 0.25) is 5.78 Å². The SMILES string of the molecule is COCOc1ccc(C#N)cc1C(=O)c1ncccc1OCOCC[Si](C)(C)C. The van der Waals surface area contributed by atoms with Crippen LogP contribution in [0, 0.1) is 11.3 Å². The Morgan fingerprint density at radius 1 is 1.14 bits per heavy atom. The third kappa shape index (κ3) is 6.98. The number of aromatic nitrogens is 1. The van der Waals surface area contributed by atoms with Crippen LogP contribution in [0.4, 0.5) is 0 Å². The van der Waals surface area contributed by atoms with Gasteiger partial charge in [0.25, 0.3) is 0 Å². The summed E-state index contributed by atoms with van der Waals surface area (Å²) in [5.41, 5.74) is 0.675. The van der Waals surface area contributed by atoms with Gasteiger partial charge in [0.15, 0.2) is 25.0 Å². The lowest BCUT2D eigenvalue weighted by atomic mass is 10.0. The summed E-state index contributed by atoms with van der Waals surface area (Å²) >= 11 is 0. The van der Waals surface area contributed by atoms with Gasteiger partial charge in [-0.25, -0.2) is 4.98 Å². The van der Waals surface area contributed by atoms with Crippen LogP contribution in [0.3, 0.4) is 0 Å². The van der Waals surface area contributed by atoms with Gasteiger partial charge in [-0.1, -0.05) is 19.6 Å². The molecular formula is C21H26N2O5Si. The van der Waals surface area contributed by atoms with E-state index >= 15 is 0 Å². The van der Waals surface area contributed by atoms with E-state index in [2.05, 4.69) is 24.6 Å². The first-order chi connectivity index (χ1) is 13.9. The van der Waals surface area contributed by atoms with E-state index < -0.39 is 13.9 Å². The monoisotopic (exact) mass is 414 g/mol. The first-order valence-electron chi connectivity index (χ1n) is 9.22. The van der Waals surface area contributed by atoms with Crippen LogP contribution in [-0.2, 0) is 9.47 Å². The van der Waals surface area contributed by atoms with E-state index in [1.165, 1.54) is 19.4 Å². The van der Waals surface area contributed by atoms with Crippen molar-refractivity contribution >= 4 is 13.9 Å². The van der Waals surface area contributed by atoms with Crippen molar-refractivity contribution in [1.82, 2.24) is 4.98 Å². The van der Waals surface area contributed by atoms with Crippen molar-refractivity contribution in [3.63, 3.8) is 0 Å². The van der Waals surface area contributed by atoms with E-state index in [-0.39, 0.29) is 24.8 Å². The number of carbonyl (C=O) groups is 1. The summed E-state index contributed by atoms with van der Waals surface area (Å²) in [6.45, 7) is 7.43. The molecule has 0 saturated heterocycles. The number of methoxy groups -OCH3 is 1. The van der Waals surface area contributed by atoms with Gasteiger partial charge >= 0.3 is 0 Å². The van der Waals surface area contributed by atoms with Crippen molar-refractivity contribution in [2.75, 3.05) is 27.3 Å². The van der Waals surface area contributed by atoms with E-state index in [4.69, 9.17) is 18.9 Å². The number of pyridine rings is 1. The Labute approximate surface area is 172 Å². The van der Waals surface area contributed by atoms with Gasteiger partial charge in [-0.15, -0.1) is 0 Å². The highest BCUT2D eigenvalue weighted by atomic mass is 28.3. The molecule has 0 bridgehead atoms. The van der Waals surface area contributed by atoms with Crippen LogP contribution in [-0.4, -0.2) is 46.1 Å². The lowest BCUT2D eigenvalue weighted by Gasteiger charge is -2.16. The number of nitrogens with zero attached hydrogens (tertiary/aromatic N) is 2. The minimum Gasteiger partial charge on any atom is -0.467 e. The summed E-state index contributed by atoms with van der Waals surface area (Å²) in [6.07, 6.45) is 1.51. The molecule has 0 spiro atoms. The molecule has 0 unspecified atom stereocenters. The number of hydrogen-bond donors (Lipinski definition) is 0. The van der Waals surface area contributed by atoms with Crippen LogP contribution in [0.25, 0.3) is 0 Å². The molecule has 1 aromatic heterocycles. The number of ether oxygens (including phenoxy) is 4. The van der Waals surface area contributed by atoms with Gasteiger partial charge in [-0.3, -0.25) is 4.79 Å². The maximum atomic E-state index is 13.1. The Morgan fingerprint density at radius 3 is 2.59 bits per heavy atom. The zero-order chi connectivity index (χ0) is 21.3. The van der Waals surface area contributed by atoms with Crippen molar-refractivity contribution in [3.8, 4) is 17.6 Å². The molecule has 29 heavy (non-hydrogen) atoms. The molecular weight excluding hydrogens is 388 g/mol. The molecule has 0 saturated carbocycles. The van der Waals surface area contributed by atoms with Crippen LogP contribution in [0.15, 0.2) is 36.5 Å². The summed E-state index contributed by atoms with van der Waals surface area (Å²) in [5.74, 6) is 0.204. The third-order valence-corrected chi connectivity index (χ3v) is 5.67. The molecule has 2 rings (SSSR count). The molecule has 0 aliphatic carbocycles. The maximum absolute atomic E-state index is 13.1. The second kappa shape index (κ2) is 10.7. The topological polar surface area (TPSA) is 90.7 Å². The number of carbonyl (C=O) groups excluding carboxylic acids is 1. The second-order valence-corrected chi connectivity index (χ2v) is 13.2. The van der Waals surface area contributed by atoms with Crippen molar-refractivity contribution < 1.29 is 23.7 Å². The molecule has 0 amide bonds. The van der Waals surface area contributed by atoms with Crippen LogP contribution in [0.5, 0.6) is 11.5 Å². The molecule has 8 heteroatoms. The van der Waals surface area contributed by atoms with E-state index in [1.54, 1.807) is 24.3 Å². The first kappa shape index (κ1) is 22.6. The molecule has 0 aliphatic heterocycles. The molecule has 0 aliphatic rings. The molecule has 0 fully saturated rings. The van der Waals surface area contributed by atoms with Gasteiger partial charge in [0.1, 0.15) is 5.75 Å². The first-order valence-corrected chi connectivity index (χ1v) is 12.9. The average molecular weight is 415 g/mol. The Balaban J connectivity index is 2.18. The van der Waals surface area contributed by atoms with Gasteiger partial charge < -0.3 is 18.9 Å². The van der Waals surface area contributed by atoms with Gasteiger partial charge in [0, 0.05) is 28.0 Å². The van der Waals surface area contributed by atoms with Crippen molar-refractivity contribution in [3.05, 3.63) is 53.3 Å². The lowest BCUT2D eigenvalue weighted by Crippen LogP contribution is -2.22. The second-order valence-electron chi connectivity index (χ2n) is 7.53. The fourth-order valence-electron chi connectivity index (χ4n) is 2.37. The van der Waals surface area contributed by atoms with Crippen LogP contribution in [0.2, 0.25) is 25.7 Å². The predicted octanol–water partition coefficient (Wildman–Crippen LogP) is 3.86. The van der Waals surface area contributed by atoms with Crippen molar-refractivity contribution in [1.29, 1.82) is 5.26 Å². The minimum atomic E-state index is -1.18. The van der Waals surface area contributed by atoms with E-state index in [9.17, 15) is 10.1 Å². The number of ketones is 1. The summed E-state index contributed by atoms with van der Waals surface area (Å²) < 4.78 is 21.6. The molecule has 2 aromatic rings. The number of benzene rings is 1. The molecule has 7 nitrogen and oxygen atoms in total. The summed E-state index contributed by atoms with van der Waals surface area (Å²) in [5, 5.41) is 9.18. The molecule has 1 heterocycles. The smallest absolute Gasteiger partial charge is 0.218 e. The van der Waals surface area contributed by atoms with Crippen LogP contribution in [0.1, 0.15) is 21.6 Å². The van der Waals surface area contributed by atoms with Gasteiger partial charge in [-0.05, 0) is 36.4 Å². The van der Waals surface area contributed by atoms with Crippen LogP contribution >= 0.6 is 0 Å². The van der Waals surface area contributed by atoms with Crippen molar-refractivity contribution in [2.45, 2.75) is 25.7 Å². The Kier molecular flexibility index (Phi) is 8.33. The fraction of sp³-hybridized carbons (Fsp3) is 0.381. The highest BCUT2D eigenvalue weighted by Crippen LogP contribution is 2.26. The average Bonchev–Trinajstić information content (AvgIpc) is 2.71. The Morgan fingerprint density at radius 2 is 1.90 bits per heavy atom. The van der Waals surface area contributed by atoms with E-state index in [1.807, 2.05) is 6.07 Å². The normalized spacial score (nSPS) is 11.0. The molecule has 1 aromatic carbocycles. The predicted molar refractivity (Wildman–Crippen MR) is 111 cm³/mol. The zero-order valence-electron chi connectivity index (χ0n) is 17.2. The maximum Gasteiger partial charge on any atom is 0.218 e. The fourth-order valence-corrected chi connectivity index (χ4v) is 3.13. The summed E-state index contributed by atoms with van der Waals surface area (Å²) in [4.78, 5) is 17.3. The van der Waals surface area contributed by atoms with E-state index in [0.717, 1.165) is 6.04 Å². The summed E-state index contributed by atoms with van der Waals surface area (Å²) in [7, 11) is 0.301. The molecule has 0 N–H and O–H groups in total. The van der Waals surface area contributed by atoms with Crippen molar-refractivity contribution in [2.24, 2.45) is 0 Å².